The van der Waals surface area contributed by atoms with Crippen LogP contribution in [0, 0.1) is 0 Å². The van der Waals surface area contributed by atoms with Gasteiger partial charge in [0.25, 0.3) is 0 Å². The van der Waals surface area contributed by atoms with E-state index in [-0.39, 0.29) is 0 Å². The van der Waals surface area contributed by atoms with Gasteiger partial charge < -0.3 is 14.8 Å². The van der Waals surface area contributed by atoms with Gasteiger partial charge in [-0.3, -0.25) is 0 Å². The molecule has 0 unspecified atom stereocenters. The van der Waals surface area contributed by atoms with Crippen LogP contribution in [0.2, 0.25) is 0 Å². The summed E-state index contributed by atoms with van der Waals surface area (Å²) in [5, 5.41) is 8.71. The van der Waals surface area contributed by atoms with Crippen molar-refractivity contribution in [3.8, 4) is 16.9 Å². The molecule has 2 N–H and O–H groups in total. The molecule has 0 spiro atoms. The standard InChI is InChI=1S/C25H22N2O3/c1-2-30-21-11-8-19(9-12-21)20-10-13-22-23(16-20)27-24(26-22)15-18-5-3-17(4-6-18)7-14-25(28)29/h3-14,16H,2,15H2,1H3,(H,26,27)(H,28,29). The normalized spacial score (nSPS) is 11.2. The lowest BCUT2D eigenvalue weighted by atomic mass is 10.1. The average Bonchev–Trinajstić information content (AvgIpc) is 3.15. The smallest absolute Gasteiger partial charge is 0.328 e. The lowest BCUT2D eigenvalue weighted by Crippen LogP contribution is -1.91. The van der Waals surface area contributed by atoms with Crippen LogP contribution in [-0.4, -0.2) is 27.7 Å². The Hall–Kier alpha value is -3.86. The van der Waals surface area contributed by atoms with Crippen molar-refractivity contribution in [2.75, 3.05) is 6.61 Å². The molecule has 0 radical (unpaired) electrons. The predicted octanol–water partition coefficient (Wildman–Crippen LogP) is 5.32. The second-order valence-electron chi connectivity index (χ2n) is 6.96. The van der Waals surface area contributed by atoms with Gasteiger partial charge in [0, 0.05) is 12.5 Å². The van der Waals surface area contributed by atoms with Crippen LogP contribution < -0.4 is 4.74 Å². The summed E-state index contributed by atoms with van der Waals surface area (Å²) in [7, 11) is 0. The monoisotopic (exact) mass is 398 g/mol. The molecule has 0 fully saturated rings. The molecule has 4 rings (SSSR count). The highest BCUT2D eigenvalue weighted by molar-refractivity contribution is 5.85. The molecule has 0 saturated carbocycles. The van der Waals surface area contributed by atoms with Gasteiger partial charge in [0.15, 0.2) is 0 Å². The summed E-state index contributed by atoms with van der Waals surface area (Å²) < 4.78 is 5.51. The first-order valence-electron chi connectivity index (χ1n) is 9.82. The molecule has 0 atom stereocenters. The molecule has 0 amide bonds. The summed E-state index contributed by atoms with van der Waals surface area (Å²) in [6, 6.07) is 22.1. The number of aromatic nitrogens is 2. The first-order valence-corrected chi connectivity index (χ1v) is 9.82. The van der Waals surface area contributed by atoms with Crippen LogP contribution in [0.4, 0.5) is 0 Å². The zero-order chi connectivity index (χ0) is 20.9. The molecule has 1 aromatic heterocycles. The quantitative estimate of drug-likeness (QED) is 0.413. The van der Waals surface area contributed by atoms with E-state index in [4.69, 9.17) is 14.8 Å². The highest BCUT2D eigenvalue weighted by atomic mass is 16.5. The average molecular weight is 398 g/mol. The first kappa shape index (κ1) is 19.5. The molecule has 150 valence electrons. The Morgan fingerprint density at radius 2 is 1.77 bits per heavy atom. The van der Waals surface area contributed by atoms with E-state index in [1.165, 1.54) is 0 Å². The number of carbonyl (C=O) groups is 1. The van der Waals surface area contributed by atoms with Gasteiger partial charge in [0.05, 0.1) is 17.6 Å². The number of fused-ring (bicyclic) bond motifs is 1. The maximum Gasteiger partial charge on any atom is 0.328 e. The number of nitrogens with one attached hydrogen (secondary N) is 1. The highest BCUT2D eigenvalue weighted by Crippen LogP contribution is 2.26. The molecule has 0 aliphatic heterocycles. The van der Waals surface area contributed by atoms with Crippen LogP contribution in [-0.2, 0) is 11.2 Å². The number of aromatic amines is 1. The Morgan fingerprint density at radius 3 is 2.47 bits per heavy atom. The van der Waals surface area contributed by atoms with Crippen molar-refractivity contribution in [1.29, 1.82) is 0 Å². The SMILES string of the molecule is CCOc1ccc(-c2ccc3nc(Cc4ccc(C=CC(=O)O)cc4)[nH]c3c2)cc1. The molecule has 0 aliphatic carbocycles. The number of imidazole rings is 1. The topological polar surface area (TPSA) is 75.2 Å². The van der Waals surface area contributed by atoms with Crippen molar-refractivity contribution < 1.29 is 14.6 Å². The molecule has 5 nitrogen and oxygen atoms in total. The third-order valence-electron chi connectivity index (χ3n) is 4.80. The van der Waals surface area contributed by atoms with E-state index >= 15 is 0 Å². The summed E-state index contributed by atoms with van der Waals surface area (Å²) in [4.78, 5) is 18.7. The van der Waals surface area contributed by atoms with Gasteiger partial charge >= 0.3 is 5.97 Å². The number of hydrogen-bond donors (Lipinski definition) is 2. The van der Waals surface area contributed by atoms with Crippen molar-refractivity contribution in [1.82, 2.24) is 9.97 Å². The fraction of sp³-hybridized carbons (Fsp3) is 0.120. The lowest BCUT2D eigenvalue weighted by Gasteiger charge is -2.05. The Balaban J connectivity index is 1.51. The molecular weight excluding hydrogens is 376 g/mol. The number of rotatable bonds is 7. The summed E-state index contributed by atoms with van der Waals surface area (Å²) in [5.41, 5.74) is 6.13. The fourth-order valence-corrected chi connectivity index (χ4v) is 3.34. The minimum Gasteiger partial charge on any atom is -0.494 e. The summed E-state index contributed by atoms with van der Waals surface area (Å²) in [6.45, 7) is 2.63. The number of nitrogens with zero attached hydrogens (tertiary/aromatic N) is 1. The molecular formula is C25H22N2O3. The van der Waals surface area contributed by atoms with Gasteiger partial charge in [-0.2, -0.15) is 0 Å². The molecule has 1 heterocycles. The van der Waals surface area contributed by atoms with Crippen LogP contribution in [0.5, 0.6) is 5.75 Å². The number of hydrogen-bond acceptors (Lipinski definition) is 3. The minimum absolute atomic E-state index is 0.657. The van der Waals surface area contributed by atoms with Crippen LogP contribution in [0.25, 0.3) is 28.2 Å². The maximum absolute atomic E-state index is 10.6. The van der Waals surface area contributed by atoms with E-state index in [0.29, 0.717) is 13.0 Å². The Morgan fingerprint density at radius 1 is 1.03 bits per heavy atom. The second-order valence-corrected chi connectivity index (χ2v) is 6.96. The van der Waals surface area contributed by atoms with E-state index in [1.54, 1.807) is 6.08 Å². The summed E-state index contributed by atoms with van der Waals surface area (Å²) in [5.74, 6) is 0.809. The first-order chi connectivity index (χ1) is 14.6. The van der Waals surface area contributed by atoms with Crippen LogP contribution in [0.15, 0.2) is 72.8 Å². The number of aliphatic carboxylic acids is 1. The van der Waals surface area contributed by atoms with Gasteiger partial charge in [0.1, 0.15) is 11.6 Å². The number of carboxylic acids is 1. The van der Waals surface area contributed by atoms with Crippen LogP contribution in [0.1, 0.15) is 23.9 Å². The Bertz CT molecular complexity index is 1190. The van der Waals surface area contributed by atoms with E-state index in [0.717, 1.165) is 50.9 Å². The predicted molar refractivity (Wildman–Crippen MR) is 119 cm³/mol. The van der Waals surface area contributed by atoms with Crippen LogP contribution in [0.3, 0.4) is 0 Å². The molecule has 5 heteroatoms. The van der Waals surface area contributed by atoms with Crippen molar-refractivity contribution in [3.63, 3.8) is 0 Å². The molecule has 0 saturated heterocycles. The maximum atomic E-state index is 10.6. The molecule has 0 bridgehead atoms. The molecule has 0 aliphatic rings. The minimum atomic E-state index is -0.953. The van der Waals surface area contributed by atoms with Crippen molar-refractivity contribution >= 4 is 23.1 Å². The van der Waals surface area contributed by atoms with Crippen molar-refractivity contribution in [2.24, 2.45) is 0 Å². The zero-order valence-corrected chi connectivity index (χ0v) is 16.6. The third kappa shape index (κ3) is 4.58. The van der Waals surface area contributed by atoms with Crippen LogP contribution >= 0.6 is 0 Å². The number of ether oxygens (including phenoxy) is 1. The Labute approximate surface area is 174 Å². The molecule has 3 aromatic carbocycles. The van der Waals surface area contributed by atoms with E-state index < -0.39 is 5.97 Å². The molecule has 4 aromatic rings. The summed E-state index contributed by atoms with van der Waals surface area (Å²) >= 11 is 0. The second kappa shape index (κ2) is 8.66. The van der Waals surface area contributed by atoms with Crippen molar-refractivity contribution in [2.45, 2.75) is 13.3 Å². The third-order valence-corrected chi connectivity index (χ3v) is 4.80. The largest absolute Gasteiger partial charge is 0.494 e. The number of H-pyrrole nitrogens is 1. The van der Waals surface area contributed by atoms with Gasteiger partial charge in [-0.1, -0.05) is 42.5 Å². The highest BCUT2D eigenvalue weighted by Gasteiger charge is 2.07. The van der Waals surface area contributed by atoms with Gasteiger partial charge in [-0.15, -0.1) is 0 Å². The summed E-state index contributed by atoms with van der Waals surface area (Å²) in [6.07, 6.45) is 3.39. The van der Waals surface area contributed by atoms with Gasteiger partial charge in [0.2, 0.25) is 0 Å². The van der Waals surface area contributed by atoms with E-state index in [2.05, 4.69) is 29.2 Å². The van der Waals surface area contributed by atoms with E-state index in [9.17, 15) is 4.79 Å². The van der Waals surface area contributed by atoms with Gasteiger partial charge in [-0.25, -0.2) is 9.78 Å². The van der Waals surface area contributed by atoms with Crippen molar-refractivity contribution in [3.05, 3.63) is 89.8 Å². The fourth-order valence-electron chi connectivity index (χ4n) is 3.34. The van der Waals surface area contributed by atoms with E-state index in [1.807, 2.05) is 49.4 Å². The number of benzene rings is 3. The molecule has 30 heavy (non-hydrogen) atoms. The van der Waals surface area contributed by atoms with Gasteiger partial charge in [-0.05, 0) is 59.5 Å². The lowest BCUT2D eigenvalue weighted by molar-refractivity contribution is -0.131. The number of carboxylic acid groups (broad SMARTS) is 1. The Kier molecular flexibility index (Phi) is 5.61. The zero-order valence-electron chi connectivity index (χ0n) is 16.6.